The van der Waals surface area contributed by atoms with Crippen molar-refractivity contribution >= 4 is 33.3 Å². The molecule has 0 aliphatic carbocycles. The maximum atomic E-state index is 13.6. The zero-order valence-corrected chi connectivity index (χ0v) is 12.4. The Labute approximate surface area is 123 Å². The number of aromatic nitrogens is 1. The highest BCUT2D eigenvalue weighted by atomic mass is 79.9. The van der Waals surface area contributed by atoms with Crippen LogP contribution in [0.3, 0.4) is 0 Å². The Morgan fingerprint density at radius 3 is 2.84 bits per heavy atom. The molecular formula is C13H11BrClFN2O. The highest BCUT2D eigenvalue weighted by molar-refractivity contribution is 9.10. The van der Waals surface area contributed by atoms with Gasteiger partial charge in [0, 0.05) is 11.5 Å². The van der Waals surface area contributed by atoms with Gasteiger partial charge in [0.25, 0.3) is 0 Å². The van der Waals surface area contributed by atoms with Gasteiger partial charge in [-0.3, -0.25) is 0 Å². The summed E-state index contributed by atoms with van der Waals surface area (Å²) in [4.78, 5) is 4.25. The maximum Gasteiger partial charge on any atom is 0.166 e. The molecule has 6 heteroatoms. The molecule has 0 fully saturated rings. The minimum atomic E-state index is -0.435. The van der Waals surface area contributed by atoms with Crippen molar-refractivity contribution < 1.29 is 9.13 Å². The van der Waals surface area contributed by atoms with Gasteiger partial charge in [-0.15, -0.1) is 0 Å². The quantitative estimate of drug-likeness (QED) is 0.899. The Morgan fingerprint density at radius 1 is 1.37 bits per heavy atom. The van der Waals surface area contributed by atoms with Crippen LogP contribution in [0.5, 0.6) is 5.75 Å². The van der Waals surface area contributed by atoms with Crippen molar-refractivity contribution in [3.05, 3.63) is 51.3 Å². The van der Waals surface area contributed by atoms with E-state index < -0.39 is 5.82 Å². The third kappa shape index (κ3) is 3.58. The van der Waals surface area contributed by atoms with Gasteiger partial charge in [0.15, 0.2) is 11.6 Å². The molecule has 0 aliphatic heterocycles. The lowest BCUT2D eigenvalue weighted by molar-refractivity contribution is 0.286. The average Bonchev–Trinajstić information content (AvgIpc) is 2.39. The molecule has 2 aromatic rings. The molecule has 1 aromatic heterocycles. The number of ether oxygens (including phenoxy) is 1. The minimum Gasteiger partial charge on any atom is -0.484 e. The molecule has 1 aromatic carbocycles. The Hall–Kier alpha value is -1.33. The van der Waals surface area contributed by atoms with Crippen LogP contribution in [-0.2, 0) is 6.61 Å². The predicted molar refractivity (Wildman–Crippen MR) is 77.2 cm³/mol. The summed E-state index contributed by atoms with van der Waals surface area (Å²) in [6, 6.07) is 8.07. The number of rotatable bonds is 4. The van der Waals surface area contributed by atoms with Crippen molar-refractivity contribution in [2.24, 2.45) is 0 Å². The van der Waals surface area contributed by atoms with Gasteiger partial charge >= 0.3 is 0 Å². The van der Waals surface area contributed by atoms with E-state index in [0.29, 0.717) is 21.0 Å². The van der Waals surface area contributed by atoms with Gasteiger partial charge in [0.05, 0.1) is 10.7 Å². The lowest BCUT2D eigenvalue weighted by atomic mass is 10.3. The van der Waals surface area contributed by atoms with Gasteiger partial charge in [0.2, 0.25) is 0 Å². The largest absolute Gasteiger partial charge is 0.484 e. The zero-order valence-electron chi connectivity index (χ0n) is 10.1. The van der Waals surface area contributed by atoms with Crippen LogP contribution in [0.4, 0.5) is 10.2 Å². The van der Waals surface area contributed by atoms with Gasteiger partial charge < -0.3 is 10.1 Å². The summed E-state index contributed by atoms with van der Waals surface area (Å²) >= 11 is 9.20. The van der Waals surface area contributed by atoms with Crippen molar-refractivity contribution in [3.63, 3.8) is 0 Å². The molecule has 0 radical (unpaired) electrons. The van der Waals surface area contributed by atoms with Gasteiger partial charge in [0.1, 0.15) is 12.4 Å². The number of benzene rings is 1. The van der Waals surface area contributed by atoms with E-state index in [1.165, 1.54) is 6.07 Å². The van der Waals surface area contributed by atoms with E-state index in [1.807, 2.05) is 0 Å². The lowest BCUT2D eigenvalue weighted by Gasteiger charge is -2.09. The normalized spacial score (nSPS) is 10.3. The highest BCUT2D eigenvalue weighted by Crippen LogP contribution is 2.24. The first-order valence-electron chi connectivity index (χ1n) is 5.51. The Balaban J connectivity index is 2.14. The van der Waals surface area contributed by atoms with Gasteiger partial charge in [-0.1, -0.05) is 27.5 Å². The number of hydrogen-bond donors (Lipinski definition) is 1. The number of nitrogens with zero attached hydrogens (tertiary/aromatic N) is 1. The molecule has 100 valence electrons. The molecule has 1 N–H and O–H groups in total. The first-order valence-corrected chi connectivity index (χ1v) is 6.68. The molecular weight excluding hydrogens is 335 g/mol. The molecule has 19 heavy (non-hydrogen) atoms. The van der Waals surface area contributed by atoms with Crippen LogP contribution in [0.15, 0.2) is 34.8 Å². The molecule has 0 atom stereocenters. The van der Waals surface area contributed by atoms with Crippen LogP contribution < -0.4 is 10.1 Å². The smallest absolute Gasteiger partial charge is 0.166 e. The van der Waals surface area contributed by atoms with Crippen molar-refractivity contribution in [1.29, 1.82) is 0 Å². The fourth-order valence-corrected chi connectivity index (χ4v) is 1.96. The van der Waals surface area contributed by atoms with Crippen LogP contribution in [0.1, 0.15) is 5.69 Å². The molecule has 0 unspecified atom stereocenters. The van der Waals surface area contributed by atoms with E-state index >= 15 is 0 Å². The van der Waals surface area contributed by atoms with E-state index in [-0.39, 0.29) is 12.4 Å². The molecule has 0 saturated carbocycles. The second kappa shape index (κ2) is 6.21. The molecule has 2 rings (SSSR count). The van der Waals surface area contributed by atoms with Crippen LogP contribution in [-0.4, -0.2) is 12.0 Å². The number of halogens is 3. The van der Waals surface area contributed by atoms with E-state index in [0.717, 1.165) is 0 Å². The summed E-state index contributed by atoms with van der Waals surface area (Å²) in [5.41, 5.74) is 0.552. The SMILES string of the molecule is CNc1ccc(Cl)c(COc2ccc(Br)cc2F)n1. The van der Waals surface area contributed by atoms with Crippen molar-refractivity contribution in [2.75, 3.05) is 12.4 Å². The standard InChI is InChI=1S/C13H11BrClFN2O/c1-17-13-5-3-9(15)11(18-13)7-19-12-4-2-8(14)6-10(12)16/h2-6H,7H2,1H3,(H,17,18). The molecule has 0 amide bonds. The van der Waals surface area contributed by atoms with Gasteiger partial charge in [-0.05, 0) is 30.3 Å². The first-order chi connectivity index (χ1) is 9.10. The van der Waals surface area contributed by atoms with E-state index in [9.17, 15) is 4.39 Å². The van der Waals surface area contributed by atoms with Gasteiger partial charge in [-0.25, -0.2) is 9.37 Å². The fraction of sp³-hybridized carbons (Fsp3) is 0.154. The molecule has 0 aliphatic rings. The summed E-state index contributed by atoms with van der Waals surface area (Å²) in [5.74, 6) is 0.408. The molecule has 3 nitrogen and oxygen atoms in total. The van der Waals surface area contributed by atoms with Crippen LogP contribution in [0, 0.1) is 5.82 Å². The van der Waals surface area contributed by atoms with Crippen molar-refractivity contribution in [3.8, 4) is 5.75 Å². The fourth-order valence-electron chi connectivity index (χ4n) is 1.46. The Morgan fingerprint density at radius 2 is 2.16 bits per heavy atom. The number of hydrogen-bond acceptors (Lipinski definition) is 3. The third-order valence-corrected chi connectivity index (χ3v) is 3.27. The molecule has 0 bridgehead atoms. The average molecular weight is 346 g/mol. The number of pyridine rings is 1. The Bertz CT molecular complexity index is 595. The lowest BCUT2D eigenvalue weighted by Crippen LogP contribution is -2.03. The summed E-state index contributed by atoms with van der Waals surface area (Å²) in [7, 11) is 1.76. The first kappa shape index (κ1) is 14.1. The molecule has 0 spiro atoms. The molecule has 1 heterocycles. The molecule has 0 saturated heterocycles. The van der Waals surface area contributed by atoms with Crippen LogP contribution in [0.2, 0.25) is 5.02 Å². The minimum absolute atomic E-state index is 0.104. The Kier molecular flexibility index (Phi) is 4.61. The summed E-state index contributed by atoms with van der Waals surface area (Å²) in [5, 5.41) is 3.39. The van der Waals surface area contributed by atoms with E-state index in [4.69, 9.17) is 16.3 Å². The predicted octanol–water partition coefficient (Wildman–Crippen LogP) is 4.26. The van der Waals surface area contributed by atoms with Crippen molar-refractivity contribution in [1.82, 2.24) is 4.98 Å². The number of anilines is 1. The van der Waals surface area contributed by atoms with E-state index in [1.54, 1.807) is 31.3 Å². The van der Waals surface area contributed by atoms with Crippen molar-refractivity contribution in [2.45, 2.75) is 6.61 Å². The second-order valence-corrected chi connectivity index (χ2v) is 5.06. The maximum absolute atomic E-state index is 13.6. The highest BCUT2D eigenvalue weighted by Gasteiger charge is 2.08. The van der Waals surface area contributed by atoms with Gasteiger partial charge in [-0.2, -0.15) is 0 Å². The topological polar surface area (TPSA) is 34.1 Å². The monoisotopic (exact) mass is 344 g/mol. The summed E-state index contributed by atoms with van der Waals surface area (Å²) in [6.45, 7) is 0.104. The number of nitrogens with one attached hydrogen (secondary N) is 1. The third-order valence-electron chi connectivity index (χ3n) is 2.43. The van der Waals surface area contributed by atoms with Crippen LogP contribution in [0.25, 0.3) is 0 Å². The zero-order chi connectivity index (χ0) is 13.8. The van der Waals surface area contributed by atoms with E-state index in [2.05, 4.69) is 26.2 Å². The van der Waals surface area contributed by atoms with Crippen LogP contribution >= 0.6 is 27.5 Å². The summed E-state index contributed by atoms with van der Waals surface area (Å²) in [6.07, 6.45) is 0. The summed E-state index contributed by atoms with van der Waals surface area (Å²) < 4.78 is 19.6. The second-order valence-electron chi connectivity index (χ2n) is 3.74.